The molecule has 3 rings (SSSR count). The van der Waals surface area contributed by atoms with Gasteiger partial charge in [-0.2, -0.15) is 22.0 Å². The van der Waals surface area contributed by atoms with Crippen molar-refractivity contribution >= 4 is 29.3 Å². The first-order chi connectivity index (χ1) is 15.6. The van der Waals surface area contributed by atoms with E-state index < -0.39 is 35.9 Å². The Kier molecular flexibility index (Phi) is 7.11. The summed E-state index contributed by atoms with van der Waals surface area (Å²) < 4.78 is 74.7. The fourth-order valence-electron chi connectivity index (χ4n) is 2.73. The smallest absolute Gasteiger partial charge is 0.418 e. The minimum Gasteiger partial charge on any atom is -0.459 e. The second-order valence-electron chi connectivity index (χ2n) is 6.43. The molecule has 0 bridgehead atoms. The zero-order valence-corrected chi connectivity index (χ0v) is 16.5. The summed E-state index contributed by atoms with van der Waals surface area (Å²) in [6.45, 7) is -3.09. The van der Waals surface area contributed by atoms with Gasteiger partial charge in [-0.1, -0.05) is 18.2 Å². The van der Waals surface area contributed by atoms with E-state index in [1.54, 1.807) is 0 Å². The zero-order chi connectivity index (χ0) is 24.0. The first kappa shape index (κ1) is 23.5. The molecule has 33 heavy (non-hydrogen) atoms. The van der Waals surface area contributed by atoms with Gasteiger partial charge in [0.1, 0.15) is 5.75 Å². The highest BCUT2D eigenvalue weighted by Crippen LogP contribution is 2.36. The van der Waals surface area contributed by atoms with E-state index in [0.29, 0.717) is 6.07 Å². The number of nitrogens with one attached hydrogen (secondary N) is 2. The van der Waals surface area contributed by atoms with Crippen LogP contribution in [-0.2, 0) is 11.0 Å². The fourth-order valence-corrected chi connectivity index (χ4v) is 2.73. The zero-order valence-electron chi connectivity index (χ0n) is 16.5. The summed E-state index contributed by atoms with van der Waals surface area (Å²) in [5.41, 5.74) is -1.82. The molecule has 0 aliphatic carbocycles. The molecule has 0 unspecified atom stereocenters. The molecule has 11 heteroatoms. The molecule has 0 spiro atoms. The Morgan fingerprint density at radius 3 is 2.42 bits per heavy atom. The molecule has 1 heterocycles. The van der Waals surface area contributed by atoms with Crippen LogP contribution in [0.1, 0.15) is 21.7 Å². The Balaban J connectivity index is 1.78. The third kappa shape index (κ3) is 6.42. The molecule has 0 saturated heterocycles. The van der Waals surface area contributed by atoms with Crippen LogP contribution in [0.25, 0.3) is 6.08 Å². The number of ether oxygens (including phenoxy) is 1. The number of alkyl halides is 5. The molecule has 172 valence electrons. The maximum Gasteiger partial charge on any atom is 0.418 e. The lowest BCUT2D eigenvalue weighted by atomic mass is 10.1. The minimum absolute atomic E-state index is 0.0952. The topological polar surface area (TPSA) is 80.6 Å². The average molecular weight is 466 g/mol. The van der Waals surface area contributed by atoms with Crippen LogP contribution in [0, 0.1) is 0 Å². The van der Waals surface area contributed by atoms with E-state index in [0.717, 1.165) is 18.2 Å². The van der Waals surface area contributed by atoms with E-state index in [4.69, 9.17) is 4.42 Å². The Labute approximate surface area is 183 Å². The van der Waals surface area contributed by atoms with Gasteiger partial charge < -0.3 is 19.8 Å². The Hall–Kier alpha value is -4.15. The summed E-state index contributed by atoms with van der Waals surface area (Å²) in [7, 11) is 0. The van der Waals surface area contributed by atoms with Crippen LogP contribution in [0.2, 0.25) is 0 Å². The van der Waals surface area contributed by atoms with Gasteiger partial charge in [0.15, 0.2) is 5.76 Å². The molecule has 2 aromatic carbocycles. The summed E-state index contributed by atoms with van der Waals surface area (Å²) in [5, 5.41) is 4.36. The monoisotopic (exact) mass is 466 g/mol. The van der Waals surface area contributed by atoms with Crippen molar-refractivity contribution in [1.29, 1.82) is 0 Å². The maximum absolute atomic E-state index is 13.5. The molecule has 0 aliphatic rings. The molecule has 6 nitrogen and oxygen atoms in total. The largest absolute Gasteiger partial charge is 0.459 e. The van der Waals surface area contributed by atoms with Gasteiger partial charge in [0, 0.05) is 17.3 Å². The van der Waals surface area contributed by atoms with Crippen molar-refractivity contribution in [3.8, 4) is 5.75 Å². The van der Waals surface area contributed by atoms with Gasteiger partial charge in [-0.3, -0.25) is 9.59 Å². The van der Waals surface area contributed by atoms with E-state index in [2.05, 4.69) is 15.4 Å². The van der Waals surface area contributed by atoms with Crippen molar-refractivity contribution in [3.05, 3.63) is 83.8 Å². The molecule has 0 aliphatic heterocycles. The number of hydrogen-bond donors (Lipinski definition) is 2. The number of hydrogen-bond acceptors (Lipinski definition) is 4. The molecule has 2 N–H and O–H groups in total. The molecule has 3 aromatic rings. The van der Waals surface area contributed by atoms with Crippen LogP contribution in [0.4, 0.5) is 33.3 Å². The molecule has 0 radical (unpaired) electrons. The van der Waals surface area contributed by atoms with Gasteiger partial charge in [0.2, 0.25) is 5.91 Å². The third-order valence-electron chi connectivity index (χ3n) is 4.14. The number of benzene rings is 2. The molecule has 0 atom stereocenters. The first-order valence-corrected chi connectivity index (χ1v) is 9.22. The van der Waals surface area contributed by atoms with E-state index in [1.807, 2.05) is 0 Å². The third-order valence-corrected chi connectivity index (χ3v) is 4.14. The van der Waals surface area contributed by atoms with Crippen molar-refractivity contribution in [2.45, 2.75) is 12.8 Å². The predicted octanol–water partition coefficient (Wildman–Crippen LogP) is 5.80. The average Bonchev–Trinajstić information content (AvgIpc) is 3.28. The SMILES string of the molecule is O=C(C=Cc1ccccc1OC(F)F)Nc1ccc(NC(=O)c2ccco2)cc1C(F)(F)F. The van der Waals surface area contributed by atoms with Gasteiger partial charge in [0.05, 0.1) is 17.5 Å². The summed E-state index contributed by atoms with van der Waals surface area (Å²) in [6.07, 6.45) is -1.62. The van der Waals surface area contributed by atoms with Crippen molar-refractivity contribution in [2.24, 2.45) is 0 Å². The Bertz CT molecular complexity index is 1160. The highest BCUT2D eigenvalue weighted by atomic mass is 19.4. The summed E-state index contributed by atoms with van der Waals surface area (Å²) >= 11 is 0. The number of carbonyl (C=O) groups is 2. The highest BCUT2D eigenvalue weighted by Gasteiger charge is 2.34. The predicted molar refractivity (Wildman–Crippen MR) is 109 cm³/mol. The van der Waals surface area contributed by atoms with Crippen LogP contribution < -0.4 is 15.4 Å². The number of rotatable bonds is 7. The Morgan fingerprint density at radius 2 is 1.76 bits per heavy atom. The van der Waals surface area contributed by atoms with Gasteiger partial charge in [-0.25, -0.2) is 0 Å². The van der Waals surface area contributed by atoms with E-state index in [1.165, 1.54) is 48.7 Å². The number of carbonyl (C=O) groups excluding carboxylic acids is 2. The fraction of sp³-hybridized carbons (Fsp3) is 0.0909. The molecular weight excluding hydrogens is 451 g/mol. The van der Waals surface area contributed by atoms with Crippen molar-refractivity contribution in [3.63, 3.8) is 0 Å². The molecule has 0 fully saturated rings. The minimum atomic E-state index is -4.85. The number of amides is 2. The number of para-hydroxylation sites is 1. The van der Waals surface area contributed by atoms with Crippen LogP contribution >= 0.6 is 0 Å². The summed E-state index contributed by atoms with van der Waals surface area (Å²) in [6, 6.07) is 11.2. The van der Waals surface area contributed by atoms with E-state index in [-0.39, 0.29) is 22.8 Å². The van der Waals surface area contributed by atoms with Crippen LogP contribution in [-0.4, -0.2) is 18.4 Å². The molecule has 0 saturated carbocycles. The molecular formula is C22H15F5N2O4. The van der Waals surface area contributed by atoms with Crippen LogP contribution in [0.15, 0.2) is 71.4 Å². The normalized spacial score (nSPS) is 11.6. The number of anilines is 2. The van der Waals surface area contributed by atoms with Gasteiger partial charge in [0.25, 0.3) is 5.91 Å². The van der Waals surface area contributed by atoms with Gasteiger partial charge >= 0.3 is 12.8 Å². The van der Waals surface area contributed by atoms with Crippen molar-refractivity contribution < 1.29 is 40.7 Å². The van der Waals surface area contributed by atoms with Gasteiger partial charge in [-0.05, 0) is 42.5 Å². The van der Waals surface area contributed by atoms with Crippen molar-refractivity contribution in [2.75, 3.05) is 10.6 Å². The standard InChI is InChI=1S/C22H15F5N2O4/c23-21(24)33-17-5-2-1-4-13(17)7-10-19(30)29-16-9-8-14(12-15(16)22(25,26)27)28-20(31)18-6-3-11-32-18/h1-12,21H,(H,28,31)(H,29,30). The Morgan fingerprint density at radius 1 is 1.00 bits per heavy atom. The number of halogens is 5. The second kappa shape index (κ2) is 9.98. The summed E-state index contributed by atoms with van der Waals surface area (Å²) in [5.74, 6) is -2.00. The first-order valence-electron chi connectivity index (χ1n) is 9.22. The van der Waals surface area contributed by atoms with Crippen LogP contribution in [0.3, 0.4) is 0 Å². The maximum atomic E-state index is 13.5. The van der Waals surface area contributed by atoms with Crippen molar-refractivity contribution in [1.82, 2.24) is 0 Å². The van der Waals surface area contributed by atoms with E-state index in [9.17, 15) is 31.5 Å². The lowest BCUT2D eigenvalue weighted by molar-refractivity contribution is -0.136. The molecule has 1 aromatic heterocycles. The number of furan rings is 1. The lowest BCUT2D eigenvalue weighted by Crippen LogP contribution is -2.16. The highest BCUT2D eigenvalue weighted by molar-refractivity contribution is 6.04. The van der Waals surface area contributed by atoms with E-state index >= 15 is 0 Å². The van der Waals surface area contributed by atoms with Crippen LogP contribution in [0.5, 0.6) is 5.75 Å². The quantitative estimate of drug-likeness (QED) is 0.341. The second-order valence-corrected chi connectivity index (χ2v) is 6.43. The molecule has 2 amide bonds. The summed E-state index contributed by atoms with van der Waals surface area (Å²) in [4.78, 5) is 24.2. The van der Waals surface area contributed by atoms with Gasteiger partial charge in [-0.15, -0.1) is 0 Å². The lowest BCUT2D eigenvalue weighted by Gasteiger charge is -2.15.